The lowest BCUT2D eigenvalue weighted by molar-refractivity contribution is 0.303. The van der Waals surface area contributed by atoms with Gasteiger partial charge in [0.15, 0.2) is 0 Å². The van der Waals surface area contributed by atoms with Gasteiger partial charge in [0.2, 0.25) is 0 Å². The molecule has 0 spiro atoms. The number of unbranched alkanes of at least 4 members (excludes halogenated alkanes) is 2. The Labute approximate surface area is 183 Å². The van der Waals surface area contributed by atoms with Crippen molar-refractivity contribution in [2.75, 3.05) is 0 Å². The molecule has 0 N–H and O–H groups in total. The quantitative estimate of drug-likeness (QED) is 0.356. The first-order valence-corrected chi connectivity index (χ1v) is 12.1. The van der Waals surface area contributed by atoms with Crippen LogP contribution in [0.2, 0.25) is 5.02 Å². The van der Waals surface area contributed by atoms with Crippen LogP contribution in [0.25, 0.3) is 21.1 Å². The van der Waals surface area contributed by atoms with Crippen molar-refractivity contribution in [1.29, 1.82) is 0 Å². The molecule has 0 atom stereocenters. The molecule has 1 fully saturated rings. The Morgan fingerprint density at radius 2 is 1.41 bits per heavy atom. The highest BCUT2D eigenvalue weighted by atomic mass is 35.5. The van der Waals surface area contributed by atoms with Crippen molar-refractivity contribution in [2.45, 2.75) is 64.2 Å². The van der Waals surface area contributed by atoms with Crippen LogP contribution in [0.1, 0.15) is 69.8 Å². The van der Waals surface area contributed by atoms with Crippen LogP contribution >= 0.6 is 22.9 Å². The normalized spacial score (nSPS) is 19.4. The maximum absolute atomic E-state index is 5.98. The summed E-state index contributed by atoms with van der Waals surface area (Å²) < 4.78 is 0. The topological polar surface area (TPSA) is 25.8 Å². The number of benzene rings is 2. The number of nitrogens with zero attached hydrogens (tertiary/aromatic N) is 2. The average Bonchev–Trinajstić information content (AvgIpc) is 3.25. The van der Waals surface area contributed by atoms with Crippen molar-refractivity contribution in [2.24, 2.45) is 5.92 Å². The van der Waals surface area contributed by atoms with Gasteiger partial charge in [-0.25, -0.2) is 0 Å². The van der Waals surface area contributed by atoms with E-state index in [-0.39, 0.29) is 0 Å². The fourth-order valence-electron chi connectivity index (χ4n) is 4.41. The van der Waals surface area contributed by atoms with E-state index in [4.69, 9.17) is 11.6 Å². The van der Waals surface area contributed by atoms with Crippen molar-refractivity contribution >= 4 is 22.9 Å². The Kier molecular flexibility index (Phi) is 6.99. The van der Waals surface area contributed by atoms with Gasteiger partial charge in [-0.3, -0.25) is 0 Å². The summed E-state index contributed by atoms with van der Waals surface area (Å²) in [4.78, 5) is 0. The van der Waals surface area contributed by atoms with E-state index in [1.54, 1.807) is 11.3 Å². The van der Waals surface area contributed by atoms with Crippen LogP contribution < -0.4 is 0 Å². The maximum Gasteiger partial charge on any atom is 0.148 e. The lowest BCUT2D eigenvalue weighted by Gasteiger charge is -2.29. The summed E-state index contributed by atoms with van der Waals surface area (Å²) >= 11 is 7.61. The summed E-state index contributed by atoms with van der Waals surface area (Å²) in [5.41, 5.74) is 3.70. The van der Waals surface area contributed by atoms with E-state index < -0.39 is 0 Å². The van der Waals surface area contributed by atoms with Crippen LogP contribution in [0.15, 0.2) is 48.5 Å². The van der Waals surface area contributed by atoms with Gasteiger partial charge < -0.3 is 0 Å². The zero-order chi connectivity index (χ0) is 20.1. The molecule has 2 aromatic carbocycles. The van der Waals surface area contributed by atoms with Gasteiger partial charge in [0.05, 0.1) is 0 Å². The molecular formula is C25H29ClN2S. The molecular weight excluding hydrogens is 396 g/mol. The maximum atomic E-state index is 5.98. The van der Waals surface area contributed by atoms with E-state index in [1.165, 1.54) is 56.9 Å². The van der Waals surface area contributed by atoms with Gasteiger partial charge in [0, 0.05) is 16.1 Å². The molecule has 1 aromatic heterocycles. The summed E-state index contributed by atoms with van der Waals surface area (Å²) in [6.45, 7) is 2.29. The second kappa shape index (κ2) is 9.86. The third kappa shape index (κ3) is 5.26. The first-order chi connectivity index (χ1) is 14.2. The third-order valence-electron chi connectivity index (χ3n) is 6.21. The number of rotatable bonds is 7. The molecule has 0 bridgehead atoms. The van der Waals surface area contributed by atoms with Gasteiger partial charge in [0.25, 0.3) is 0 Å². The second-order valence-corrected chi connectivity index (χ2v) is 9.67. The Balaban J connectivity index is 1.37. The number of aromatic nitrogens is 2. The molecule has 2 nitrogen and oxygen atoms in total. The molecule has 0 aliphatic heterocycles. The molecule has 1 saturated carbocycles. The fourth-order valence-corrected chi connectivity index (χ4v) is 5.39. The van der Waals surface area contributed by atoms with Crippen LogP contribution in [-0.2, 0) is 0 Å². The summed E-state index contributed by atoms with van der Waals surface area (Å²) in [7, 11) is 0. The Morgan fingerprint density at radius 1 is 0.828 bits per heavy atom. The molecule has 152 valence electrons. The van der Waals surface area contributed by atoms with Crippen molar-refractivity contribution in [3.05, 3.63) is 59.1 Å². The SMILES string of the molecule is CCCCCC1CCC(c2ccc(-c3nnc(-c4ccc(Cl)cc4)s3)cc2)CC1. The van der Waals surface area contributed by atoms with Crippen LogP contribution in [0, 0.1) is 5.92 Å². The van der Waals surface area contributed by atoms with E-state index in [2.05, 4.69) is 41.4 Å². The van der Waals surface area contributed by atoms with Gasteiger partial charge in [0.1, 0.15) is 10.0 Å². The number of hydrogen-bond donors (Lipinski definition) is 0. The van der Waals surface area contributed by atoms with Gasteiger partial charge in [-0.15, -0.1) is 10.2 Å². The predicted molar refractivity (Wildman–Crippen MR) is 125 cm³/mol. The first kappa shape index (κ1) is 20.6. The Morgan fingerprint density at radius 3 is 2.00 bits per heavy atom. The van der Waals surface area contributed by atoms with Gasteiger partial charge in [-0.05, 0) is 55.2 Å². The zero-order valence-electron chi connectivity index (χ0n) is 17.1. The molecule has 1 heterocycles. The lowest BCUT2D eigenvalue weighted by atomic mass is 9.77. The van der Waals surface area contributed by atoms with Gasteiger partial charge in [-0.2, -0.15) is 0 Å². The second-order valence-electron chi connectivity index (χ2n) is 8.25. The summed E-state index contributed by atoms with van der Waals surface area (Å²) in [5.74, 6) is 1.69. The summed E-state index contributed by atoms with van der Waals surface area (Å²) in [6, 6.07) is 16.8. The van der Waals surface area contributed by atoms with Crippen LogP contribution in [-0.4, -0.2) is 10.2 Å². The van der Waals surface area contributed by atoms with Crippen molar-refractivity contribution in [3.63, 3.8) is 0 Å². The molecule has 4 rings (SSSR count). The molecule has 1 aliphatic carbocycles. The molecule has 1 aliphatic rings. The van der Waals surface area contributed by atoms with Crippen molar-refractivity contribution in [1.82, 2.24) is 10.2 Å². The molecule has 0 unspecified atom stereocenters. The fraction of sp³-hybridized carbons (Fsp3) is 0.440. The van der Waals surface area contributed by atoms with Crippen molar-refractivity contribution < 1.29 is 0 Å². The largest absolute Gasteiger partial charge is 0.148 e. The molecule has 0 amide bonds. The highest BCUT2D eigenvalue weighted by Crippen LogP contribution is 2.38. The highest BCUT2D eigenvalue weighted by Gasteiger charge is 2.22. The number of hydrogen-bond acceptors (Lipinski definition) is 3. The van der Waals surface area contributed by atoms with Crippen LogP contribution in [0.5, 0.6) is 0 Å². The summed E-state index contributed by atoms with van der Waals surface area (Å²) in [6.07, 6.45) is 11.1. The van der Waals surface area contributed by atoms with Crippen molar-refractivity contribution in [3.8, 4) is 21.1 Å². The van der Waals surface area contributed by atoms with E-state index >= 15 is 0 Å². The molecule has 29 heavy (non-hydrogen) atoms. The minimum atomic E-state index is 0.727. The minimum absolute atomic E-state index is 0.727. The van der Waals surface area contributed by atoms with E-state index in [9.17, 15) is 0 Å². The predicted octanol–water partition coefficient (Wildman–Crippen LogP) is 8.38. The molecule has 0 saturated heterocycles. The molecule has 4 heteroatoms. The monoisotopic (exact) mass is 424 g/mol. The first-order valence-electron chi connectivity index (χ1n) is 10.9. The Hall–Kier alpha value is -1.71. The van der Waals surface area contributed by atoms with Gasteiger partial charge in [-0.1, -0.05) is 91.9 Å². The lowest BCUT2D eigenvalue weighted by Crippen LogP contribution is -2.13. The smallest absolute Gasteiger partial charge is 0.138 e. The van der Waals surface area contributed by atoms with E-state index in [0.717, 1.165) is 38.0 Å². The minimum Gasteiger partial charge on any atom is -0.138 e. The van der Waals surface area contributed by atoms with Crippen LogP contribution in [0.3, 0.4) is 0 Å². The van der Waals surface area contributed by atoms with E-state index in [1.807, 2.05) is 24.3 Å². The molecule has 0 radical (unpaired) electrons. The Bertz CT molecular complexity index is 893. The van der Waals surface area contributed by atoms with Crippen LogP contribution in [0.4, 0.5) is 0 Å². The van der Waals surface area contributed by atoms with Gasteiger partial charge >= 0.3 is 0 Å². The molecule has 3 aromatic rings. The third-order valence-corrected chi connectivity index (χ3v) is 7.48. The highest BCUT2D eigenvalue weighted by molar-refractivity contribution is 7.17. The van der Waals surface area contributed by atoms with E-state index in [0.29, 0.717) is 0 Å². The number of halogens is 1. The zero-order valence-corrected chi connectivity index (χ0v) is 18.7. The summed E-state index contributed by atoms with van der Waals surface area (Å²) in [5, 5.41) is 11.4. The average molecular weight is 425 g/mol. The standard InChI is InChI=1S/C25H29ClN2S/c1-2-3-4-5-18-6-8-19(9-7-18)20-10-12-21(13-11-20)24-27-28-25(29-24)22-14-16-23(26)17-15-22/h10-19H,2-9H2,1H3.